The predicted molar refractivity (Wildman–Crippen MR) is 107 cm³/mol. The van der Waals surface area contributed by atoms with E-state index in [1.807, 2.05) is 23.9 Å². The molecule has 0 bridgehead atoms. The van der Waals surface area contributed by atoms with Gasteiger partial charge in [-0.3, -0.25) is 9.59 Å². The number of nitrogens with one attached hydrogen (secondary N) is 1. The lowest BCUT2D eigenvalue weighted by Gasteiger charge is -2.40. The smallest absolute Gasteiger partial charge is 0.227 e. The highest BCUT2D eigenvalue weighted by Gasteiger charge is 2.38. The van der Waals surface area contributed by atoms with Crippen molar-refractivity contribution >= 4 is 23.5 Å². The summed E-state index contributed by atoms with van der Waals surface area (Å²) in [5.74, 6) is 2.13. The number of nitrogens with zero attached hydrogens (tertiary/aromatic N) is 5. The molecule has 3 aliphatic rings. The van der Waals surface area contributed by atoms with E-state index in [2.05, 4.69) is 26.3 Å². The SMILES string of the molecule is CN(C)c1cc(N(C2CC2)C2CCN(C(=O)C3CCC(=O)NC3)CC2)ncn1. The van der Waals surface area contributed by atoms with Gasteiger partial charge in [0.1, 0.15) is 18.0 Å². The van der Waals surface area contributed by atoms with Crippen LogP contribution < -0.4 is 15.1 Å². The van der Waals surface area contributed by atoms with E-state index in [1.165, 1.54) is 12.8 Å². The third-order valence-electron chi connectivity index (χ3n) is 6.09. The molecule has 1 aromatic rings. The first-order valence-corrected chi connectivity index (χ1v) is 10.4. The van der Waals surface area contributed by atoms with Crippen LogP contribution in [0.4, 0.5) is 11.6 Å². The van der Waals surface area contributed by atoms with Gasteiger partial charge in [0, 0.05) is 58.3 Å². The molecular formula is C20H30N6O2. The third-order valence-corrected chi connectivity index (χ3v) is 6.09. The van der Waals surface area contributed by atoms with Gasteiger partial charge < -0.3 is 20.0 Å². The van der Waals surface area contributed by atoms with Crippen LogP contribution >= 0.6 is 0 Å². The Kier molecular flexibility index (Phi) is 5.37. The van der Waals surface area contributed by atoms with Crippen molar-refractivity contribution in [1.82, 2.24) is 20.2 Å². The van der Waals surface area contributed by atoms with Crippen LogP contribution in [0.25, 0.3) is 0 Å². The normalized spacial score (nSPS) is 23.3. The molecule has 2 amide bonds. The second-order valence-corrected chi connectivity index (χ2v) is 8.36. The molecule has 2 aliphatic heterocycles. The van der Waals surface area contributed by atoms with E-state index in [0.717, 1.165) is 37.6 Å². The number of rotatable bonds is 5. The zero-order valence-corrected chi connectivity index (χ0v) is 16.8. The Balaban J connectivity index is 1.39. The van der Waals surface area contributed by atoms with E-state index in [9.17, 15) is 9.59 Å². The van der Waals surface area contributed by atoms with Gasteiger partial charge in [-0.25, -0.2) is 9.97 Å². The van der Waals surface area contributed by atoms with Gasteiger partial charge in [-0.15, -0.1) is 0 Å². The maximum Gasteiger partial charge on any atom is 0.227 e. The van der Waals surface area contributed by atoms with E-state index in [-0.39, 0.29) is 17.7 Å². The minimum atomic E-state index is -0.0571. The number of hydrogen-bond acceptors (Lipinski definition) is 6. The summed E-state index contributed by atoms with van der Waals surface area (Å²) in [5, 5.41) is 2.83. The van der Waals surface area contributed by atoms with Crippen molar-refractivity contribution in [3.05, 3.63) is 12.4 Å². The number of hydrogen-bond donors (Lipinski definition) is 1. The number of aromatic nitrogens is 2. The lowest BCUT2D eigenvalue weighted by atomic mass is 9.95. The summed E-state index contributed by atoms with van der Waals surface area (Å²) in [6, 6.07) is 3.04. The Morgan fingerprint density at radius 2 is 1.75 bits per heavy atom. The largest absolute Gasteiger partial charge is 0.363 e. The minimum Gasteiger partial charge on any atom is -0.363 e. The number of anilines is 2. The monoisotopic (exact) mass is 386 g/mol. The summed E-state index contributed by atoms with van der Waals surface area (Å²) in [4.78, 5) is 39.5. The van der Waals surface area contributed by atoms with Gasteiger partial charge in [-0.2, -0.15) is 0 Å². The van der Waals surface area contributed by atoms with Gasteiger partial charge >= 0.3 is 0 Å². The van der Waals surface area contributed by atoms with Gasteiger partial charge in [0.2, 0.25) is 11.8 Å². The second-order valence-electron chi connectivity index (χ2n) is 8.36. The van der Waals surface area contributed by atoms with Crippen molar-refractivity contribution in [2.24, 2.45) is 5.92 Å². The molecule has 0 spiro atoms. The fourth-order valence-corrected chi connectivity index (χ4v) is 4.31. The van der Waals surface area contributed by atoms with E-state index in [1.54, 1.807) is 6.33 Å². The van der Waals surface area contributed by atoms with Gasteiger partial charge in [0.25, 0.3) is 0 Å². The Bertz CT molecular complexity index is 717. The van der Waals surface area contributed by atoms with Gasteiger partial charge in [0.05, 0.1) is 5.92 Å². The maximum absolute atomic E-state index is 12.8. The molecule has 3 heterocycles. The van der Waals surface area contributed by atoms with Gasteiger partial charge in [-0.05, 0) is 32.1 Å². The highest BCUT2D eigenvalue weighted by molar-refractivity contribution is 5.83. The van der Waals surface area contributed by atoms with Crippen molar-refractivity contribution in [1.29, 1.82) is 0 Å². The molecule has 28 heavy (non-hydrogen) atoms. The van der Waals surface area contributed by atoms with Crippen molar-refractivity contribution in [3.8, 4) is 0 Å². The molecule has 152 valence electrons. The minimum absolute atomic E-state index is 0.0571. The molecular weight excluding hydrogens is 356 g/mol. The Morgan fingerprint density at radius 3 is 2.36 bits per heavy atom. The Morgan fingerprint density at radius 1 is 1.07 bits per heavy atom. The van der Waals surface area contributed by atoms with Crippen LogP contribution in [0.1, 0.15) is 38.5 Å². The predicted octanol–water partition coefficient (Wildman–Crippen LogP) is 1.03. The molecule has 8 heteroatoms. The topological polar surface area (TPSA) is 81.7 Å². The molecule has 3 fully saturated rings. The lowest BCUT2D eigenvalue weighted by Crippen LogP contribution is -2.51. The maximum atomic E-state index is 12.8. The first kappa shape index (κ1) is 19.0. The summed E-state index contributed by atoms with van der Waals surface area (Å²) in [7, 11) is 3.98. The van der Waals surface area contributed by atoms with Crippen LogP contribution in [-0.2, 0) is 9.59 Å². The summed E-state index contributed by atoms with van der Waals surface area (Å²) in [6.07, 6.45) is 7.13. The standard InChI is InChI=1S/C20H30N6O2/c1-24(2)17-11-18(23-13-22-17)26(15-4-5-15)16-7-9-25(10-8-16)20(28)14-3-6-19(27)21-12-14/h11,13-16H,3-10,12H2,1-2H3,(H,21,27). The van der Waals surface area contributed by atoms with Gasteiger partial charge in [-0.1, -0.05) is 0 Å². The molecule has 1 aromatic heterocycles. The average molecular weight is 387 g/mol. The molecule has 1 N–H and O–H groups in total. The fourth-order valence-electron chi connectivity index (χ4n) is 4.31. The van der Waals surface area contributed by atoms with Gasteiger partial charge in [0.15, 0.2) is 0 Å². The molecule has 8 nitrogen and oxygen atoms in total. The number of piperidine rings is 2. The van der Waals surface area contributed by atoms with E-state index >= 15 is 0 Å². The molecule has 1 aliphatic carbocycles. The molecule has 1 saturated carbocycles. The summed E-state index contributed by atoms with van der Waals surface area (Å²) >= 11 is 0. The van der Waals surface area contributed by atoms with Crippen LogP contribution in [0.3, 0.4) is 0 Å². The summed E-state index contributed by atoms with van der Waals surface area (Å²) in [5.41, 5.74) is 0. The summed E-state index contributed by atoms with van der Waals surface area (Å²) < 4.78 is 0. The Labute approximate surface area is 166 Å². The lowest BCUT2D eigenvalue weighted by molar-refractivity contribution is -0.138. The third kappa shape index (κ3) is 4.05. The zero-order valence-electron chi connectivity index (χ0n) is 16.8. The van der Waals surface area contributed by atoms with Crippen molar-refractivity contribution < 1.29 is 9.59 Å². The van der Waals surface area contributed by atoms with Crippen LogP contribution in [0.5, 0.6) is 0 Å². The van der Waals surface area contributed by atoms with Crippen molar-refractivity contribution in [2.75, 3.05) is 43.5 Å². The number of carbonyl (C=O) groups is 2. The van der Waals surface area contributed by atoms with Crippen LogP contribution in [0.2, 0.25) is 0 Å². The fraction of sp³-hybridized carbons (Fsp3) is 0.700. The highest BCUT2D eigenvalue weighted by Crippen LogP contribution is 2.36. The van der Waals surface area contributed by atoms with Crippen LogP contribution in [0.15, 0.2) is 12.4 Å². The average Bonchev–Trinajstić information content (AvgIpc) is 3.54. The quantitative estimate of drug-likeness (QED) is 0.814. The molecule has 1 unspecified atom stereocenters. The first-order valence-electron chi connectivity index (χ1n) is 10.4. The van der Waals surface area contributed by atoms with Crippen molar-refractivity contribution in [2.45, 2.75) is 50.6 Å². The second kappa shape index (κ2) is 7.93. The Hall–Kier alpha value is -2.38. The molecule has 1 atom stereocenters. The highest BCUT2D eigenvalue weighted by atomic mass is 16.2. The first-order chi connectivity index (χ1) is 13.5. The van der Waals surface area contributed by atoms with E-state index < -0.39 is 0 Å². The molecule has 2 saturated heterocycles. The van der Waals surface area contributed by atoms with Crippen molar-refractivity contribution in [3.63, 3.8) is 0 Å². The molecule has 0 radical (unpaired) electrons. The number of carbonyl (C=O) groups excluding carboxylic acids is 2. The number of likely N-dealkylation sites (tertiary alicyclic amines) is 1. The van der Waals surface area contributed by atoms with E-state index in [4.69, 9.17) is 0 Å². The van der Waals surface area contributed by atoms with Crippen LogP contribution in [0, 0.1) is 5.92 Å². The zero-order chi connectivity index (χ0) is 19.7. The van der Waals surface area contributed by atoms with E-state index in [0.29, 0.717) is 31.5 Å². The molecule has 0 aromatic carbocycles. The molecule has 4 rings (SSSR count). The summed E-state index contributed by atoms with van der Waals surface area (Å²) in [6.45, 7) is 2.05. The van der Waals surface area contributed by atoms with Crippen LogP contribution in [-0.4, -0.2) is 72.5 Å². The number of amides is 2.